The van der Waals surface area contributed by atoms with Crippen molar-refractivity contribution < 1.29 is 13.2 Å². The van der Waals surface area contributed by atoms with E-state index in [9.17, 15) is 13.2 Å². The van der Waals surface area contributed by atoms with Gasteiger partial charge in [0.2, 0.25) is 0 Å². The molecule has 1 aliphatic rings. The number of carbonyl (C=O) groups is 1. The van der Waals surface area contributed by atoms with Crippen LogP contribution >= 0.6 is 10.7 Å². The van der Waals surface area contributed by atoms with E-state index in [0.717, 1.165) is 11.1 Å². The van der Waals surface area contributed by atoms with Gasteiger partial charge in [-0.2, -0.15) is 0 Å². The molecule has 0 fully saturated rings. The van der Waals surface area contributed by atoms with Crippen LogP contribution in [0.3, 0.4) is 0 Å². The first-order valence-electron chi connectivity index (χ1n) is 6.86. The Balaban J connectivity index is 1.74. The molecule has 114 valence electrons. The van der Waals surface area contributed by atoms with E-state index in [1.54, 1.807) is 24.3 Å². The third-order valence-electron chi connectivity index (χ3n) is 3.76. The Morgan fingerprint density at radius 3 is 2.41 bits per heavy atom. The van der Waals surface area contributed by atoms with E-state index in [-0.39, 0.29) is 16.8 Å². The van der Waals surface area contributed by atoms with Gasteiger partial charge in [0.25, 0.3) is 15.0 Å². The Morgan fingerprint density at radius 1 is 1.05 bits per heavy atom. The zero-order valence-corrected chi connectivity index (χ0v) is 13.2. The lowest BCUT2D eigenvalue weighted by molar-refractivity contribution is 0.0938. The van der Waals surface area contributed by atoms with Gasteiger partial charge in [-0.3, -0.25) is 4.79 Å². The third kappa shape index (κ3) is 3.15. The molecule has 0 aromatic heterocycles. The molecular formula is C16H14ClNO3S. The summed E-state index contributed by atoms with van der Waals surface area (Å²) in [7, 11) is 1.64. The van der Waals surface area contributed by atoms with Crippen LogP contribution in [0.15, 0.2) is 53.4 Å². The van der Waals surface area contributed by atoms with Gasteiger partial charge < -0.3 is 5.32 Å². The van der Waals surface area contributed by atoms with Crippen LogP contribution in [0, 0.1) is 0 Å². The van der Waals surface area contributed by atoms with E-state index in [1.165, 1.54) is 6.07 Å². The van der Waals surface area contributed by atoms with E-state index < -0.39 is 9.05 Å². The summed E-state index contributed by atoms with van der Waals surface area (Å²) >= 11 is 0. The zero-order chi connectivity index (χ0) is 15.7. The number of amides is 1. The molecule has 1 amide bonds. The zero-order valence-electron chi connectivity index (χ0n) is 11.6. The minimum absolute atomic E-state index is 0.0315. The molecule has 2 aromatic carbocycles. The number of benzene rings is 2. The van der Waals surface area contributed by atoms with Crippen molar-refractivity contribution in [3.05, 3.63) is 65.2 Å². The largest absolute Gasteiger partial charge is 0.349 e. The molecule has 0 radical (unpaired) electrons. The van der Waals surface area contributed by atoms with Gasteiger partial charge in [-0.15, -0.1) is 0 Å². The van der Waals surface area contributed by atoms with Crippen LogP contribution in [-0.4, -0.2) is 20.4 Å². The van der Waals surface area contributed by atoms with E-state index in [4.69, 9.17) is 10.7 Å². The number of carbonyl (C=O) groups excluding carboxylic acids is 1. The highest BCUT2D eigenvalue weighted by molar-refractivity contribution is 8.13. The molecule has 1 N–H and O–H groups in total. The quantitative estimate of drug-likeness (QED) is 0.877. The summed E-state index contributed by atoms with van der Waals surface area (Å²) in [4.78, 5) is 12.2. The highest BCUT2D eigenvalue weighted by Gasteiger charge is 2.25. The minimum Gasteiger partial charge on any atom is -0.349 e. The molecule has 0 spiro atoms. The lowest BCUT2D eigenvalue weighted by atomic mass is 10.1. The second-order valence-electron chi connectivity index (χ2n) is 5.31. The minimum atomic E-state index is -3.72. The SMILES string of the molecule is O=C(NC1Cc2ccc(S(=O)(=O)Cl)cc2C1)c1ccccc1. The van der Waals surface area contributed by atoms with Gasteiger partial charge in [-0.25, -0.2) is 8.42 Å². The fourth-order valence-corrected chi connectivity index (χ4v) is 3.51. The number of hydrogen-bond donors (Lipinski definition) is 1. The predicted molar refractivity (Wildman–Crippen MR) is 84.6 cm³/mol. The second kappa shape index (κ2) is 5.74. The smallest absolute Gasteiger partial charge is 0.261 e. The Kier molecular flexibility index (Phi) is 3.93. The fourth-order valence-electron chi connectivity index (χ4n) is 2.71. The normalized spacial score (nSPS) is 17.0. The van der Waals surface area contributed by atoms with Gasteiger partial charge in [-0.05, 0) is 48.2 Å². The van der Waals surface area contributed by atoms with Gasteiger partial charge in [0.15, 0.2) is 0 Å². The highest BCUT2D eigenvalue weighted by Crippen LogP contribution is 2.26. The van der Waals surface area contributed by atoms with Crippen molar-refractivity contribution in [2.24, 2.45) is 0 Å². The molecule has 0 saturated carbocycles. The molecule has 1 aliphatic carbocycles. The summed E-state index contributed by atoms with van der Waals surface area (Å²) in [5.74, 6) is -0.122. The first-order chi connectivity index (χ1) is 10.4. The Bertz CT molecular complexity index is 819. The lowest BCUT2D eigenvalue weighted by Gasteiger charge is -2.11. The van der Waals surface area contributed by atoms with E-state index in [2.05, 4.69) is 5.32 Å². The monoisotopic (exact) mass is 335 g/mol. The van der Waals surface area contributed by atoms with E-state index in [0.29, 0.717) is 18.4 Å². The number of hydrogen-bond acceptors (Lipinski definition) is 3. The molecule has 3 rings (SSSR count). The van der Waals surface area contributed by atoms with Crippen LogP contribution in [0.4, 0.5) is 0 Å². The maximum absolute atomic E-state index is 12.1. The van der Waals surface area contributed by atoms with Crippen molar-refractivity contribution in [2.75, 3.05) is 0 Å². The molecule has 1 atom stereocenters. The summed E-state index contributed by atoms with van der Waals surface area (Å²) in [5, 5.41) is 2.98. The van der Waals surface area contributed by atoms with E-state index in [1.807, 2.05) is 18.2 Å². The second-order valence-corrected chi connectivity index (χ2v) is 7.88. The van der Waals surface area contributed by atoms with Crippen molar-refractivity contribution in [3.8, 4) is 0 Å². The van der Waals surface area contributed by atoms with Crippen molar-refractivity contribution in [2.45, 2.75) is 23.8 Å². The predicted octanol–water partition coefficient (Wildman–Crippen LogP) is 2.51. The summed E-state index contributed by atoms with van der Waals surface area (Å²) in [6, 6.07) is 13.8. The number of nitrogens with one attached hydrogen (secondary N) is 1. The fraction of sp³-hybridized carbons (Fsp3) is 0.188. The highest BCUT2D eigenvalue weighted by atomic mass is 35.7. The molecule has 22 heavy (non-hydrogen) atoms. The Hall–Kier alpha value is -1.85. The molecule has 0 heterocycles. The van der Waals surface area contributed by atoms with Crippen LogP contribution in [0.2, 0.25) is 0 Å². The van der Waals surface area contributed by atoms with Crippen LogP contribution in [0.25, 0.3) is 0 Å². The molecule has 2 aromatic rings. The molecule has 0 aliphatic heterocycles. The maximum Gasteiger partial charge on any atom is 0.261 e. The lowest BCUT2D eigenvalue weighted by Crippen LogP contribution is -2.35. The van der Waals surface area contributed by atoms with Crippen LogP contribution in [0.5, 0.6) is 0 Å². The summed E-state index contributed by atoms with van der Waals surface area (Å²) in [6.07, 6.45) is 1.30. The Labute approximate surface area is 133 Å². The van der Waals surface area contributed by atoms with Crippen molar-refractivity contribution >= 4 is 25.6 Å². The first-order valence-corrected chi connectivity index (χ1v) is 9.17. The van der Waals surface area contributed by atoms with Crippen LogP contribution in [-0.2, 0) is 21.9 Å². The maximum atomic E-state index is 12.1. The topological polar surface area (TPSA) is 63.2 Å². The standard InChI is InChI=1S/C16H14ClNO3S/c17-22(20,21)15-7-6-12-8-14(9-13(12)10-15)18-16(19)11-4-2-1-3-5-11/h1-7,10,14H,8-9H2,(H,18,19). The molecule has 0 bridgehead atoms. The summed E-state index contributed by atoms with van der Waals surface area (Å²) in [6.45, 7) is 0. The molecule has 4 nitrogen and oxygen atoms in total. The van der Waals surface area contributed by atoms with Crippen molar-refractivity contribution in [1.82, 2.24) is 5.32 Å². The van der Waals surface area contributed by atoms with Crippen LogP contribution < -0.4 is 5.32 Å². The number of fused-ring (bicyclic) bond motifs is 1. The molecule has 0 saturated heterocycles. The summed E-state index contributed by atoms with van der Waals surface area (Å²) < 4.78 is 22.7. The van der Waals surface area contributed by atoms with Gasteiger partial charge in [0.1, 0.15) is 0 Å². The van der Waals surface area contributed by atoms with Gasteiger partial charge in [0.05, 0.1) is 4.90 Å². The molecule has 1 unspecified atom stereocenters. The van der Waals surface area contributed by atoms with Gasteiger partial charge >= 0.3 is 0 Å². The first kappa shape index (κ1) is 15.1. The molecule has 6 heteroatoms. The van der Waals surface area contributed by atoms with Gasteiger partial charge in [-0.1, -0.05) is 24.3 Å². The van der Waals surface area contributed by atoms with E-state index >= 15 is 0 Å². The average molecular weight is 336 g/mol. The average Bonchev–Trinajstić information content (AvgIpc) is 2.88. The molecular weight excluding hydrogens is 322 g/mol. The third-order valence-corrected chi connectivity index (χ3v) is 5.11. The Morgan fingerprint density at radius 2 is 1.73 bits per heavy atom. The number of halogens is 1. The number of rotatable bonds is 3. The van der Waals surface area contributed by atoms with Gasteiger partial charge in [0, 0.05) is 22.3 Å². The van der Waals surface area contributed by atoms with Crippen LogP contribution in [0.1, 0.15) is 21.5 Å². The van der Waals surface area contributed by atoms with Crippen molar-refractivity contribution in [3.63, 3.8) is 0 Å². The summed E-state index contributed by atoms with van der Waals surface area (Å²) in [5.41, 5.74) is 2.57. The van der Waals surface area contributed by atoms with Crippen molar-refractivity contribution in [1.29, 1.82) is 0 Å².